The fraction of sp³-hybridized carbons (Fsp3) is 0.0455. The predicted octanol–water partition coefficient (Wildman–Crippen LogP) is 5.21. The van der Waals surface area contributed by atoms with Crippen LogP contribution in [0.2, 0.25) is 0 Å². The molecule has 0 aliphatic heterocycles. The molecular formula is C22H18N2O. The minimum atomic E-state index is 0.840. The number of para-hydroxylation sites is 1. The molecule has 3 aromatic carbocycles. The predicted molar refractivity (Wildman–Crippen MR) is 101 cm³/mol. The number of hydrogen-bond acceptors (Lipinski definition) is 2. The van der Waals surface area contributed by atoms with Gasteiger partial charge >= 0.3 is 0 Å². The van der Waals surface area contributed by atoms with Crippen molar-refractivity contribution >= 4 is 0 Å². The summed E-state index contributed by atoms with van der Waals surface area (Å²) in [5.74, 6) is 0.840. The van der Waals surface area contributed by atoms with Crippen molar-refractivity contribution in [3.8, 4) is 33.8 Å². The molecule has 3 nitrogen and oxygen atoms in total. The van der Waals surface area contributed by atoms with Gasteiger partial charge in [0.2, 0.25) is 0 Å². The fourth-order valence-electron chi connectivity index (χ4n) is 2.88. The maximum Gasteiger partial charge on any atom is 0.118 e. The van der Waals surface area contributed by atoms with E-state index in [-0.39, 0.29) is 0 Å². The molecule has 4 rings (SSSR count). The van der Waals surface area contributed by atoms with Crippen LogP contribution in [-0.4, -0.2) is 16.9 Å². The van der Waals surface area contributed by atoms with Crippen LogP contribution in [0.3, 0.4) is 0 Å². The molecule has 0 aliphatic rings. The summed E-state index contributed by atoms with van der Waals surface area (Å²) in [7, 11) is 1.68. The van der Waals surface area contributed by atoms with Crippen LogP contribution < -0.4 is 4.74 Å². The molecule has 0 fully saturated rings. The van der Waals surface area contributed by atoms with Crippen molar-refractivity contribution in [2.75, 3.05) is 7.11 Å². The van der Waals surface area contributed by atoms with E-state index in [2.05, 4.69) is 30.5 Å². The Morgan fingerprint density at radius 2 is 1.36 bits per heavy atom. The molecule has 0 atom stereocenters. The normalized spacial score (nSPS) is 10.6. The lowest BCUT2D eigenvalue weighted by atomic mass is 10.0. The molecule has 0 saturated heterocycles. The van der Waals surface area contributed by atoms with Crippen LogP contribution in [0.4, 0.5) is 0 Å². The van der Waals surface area contributed by atoms with E-state index in [9.17, 15) is 0 Å². The average Bonchev–Trinajstić information content (AvgIpc) is 3.15. The van der Waals surface area contributed by atoms with Crippen LogP contribution in [0.15, 0.2) is 91.1 Å². The number of rotatable bonds is 4. The Kier molecular flexibility index (Phi) is 4.05. The molecule has 1 aromatic heterocycles. The zero-order chi connectivity index (χ0) is 17.1. The maximum atomic E-state index is 5.27. The van der Waals surface area contributed by atoms with Gasteiger partial charge in [0.05, 0.1) is 12.8 Å². The molecule has 25 heavy (non-hydrogen) atoms. The SMILES string of the molecule is COc1ccc(-c2nn(-c3ccccc3)cc2-c2ccccc2)cc1. The number of benzene rings is 3. The second-order valence-electron chi connectivity index (χ2n) is 5.77. The smallest absolute Gasteiger partial charge is 0.118 e. The highest BCUT2D eigenvalue weighted by Gasteiger charge is 2.14. The molecule has 4 aromatic rings. The van der Waals surface area contributed by atoms with Crippen LogP contribution in [0.1, 0.15) is 0 Å². The summed E-state index contributed by atoms with van der Waals surface area (Å²) in [6.07, 6.45) is 2.09. The Labute approximate surface area is 147 Å². The minimum absolute atomic E-state index is 0.840. The first-order valence-corrected chi connectivity index (χ1v) is 8.20. The summed E-state index contributed by atoms with van der Waals surface area (Å²) in [6, 6.07) is 28.5. The standard InChI is InChI=1S/C22H18N2O/c1-25-20-14-12-18(13-15-20)22-21(17-8-4-2-5-9-17)16-24(23-22)19-10-6-3-7-11-19/h2-16H,1H3. The lowest BCUT2D eigenvalue weighted by Gasteiger charge is -2.04. The Hall–Kier alpha value is -3.33. The van der Waals surface area contributed by atoms with Crippen LogP contribution >= 0.6 is 0 Å². The van der Waals surface area contributed by atoms with Crippen molar-refractivity contribution in [2.45, 2.75) is 0 Å². The second-order valence-corrected chi connectivity index (χ2v) is 5.77. The molecule has 0 unspecified atom stereocenters. The molecule has 0 bridgehead atoms. The lowest BCUT2D eigenvalue weighted by molar-refractivity contribution is 0.415. The van der Waals surface area contributed by atoms with Gasteiger partial charge in [0.15, 0.2) is 0 Å². The number of hydrogen-bond donors (Lipinski definition) is 0. The van der Waals surface area contributed by atoms with Gasteiger partial charge in [0.25, 0.3) is 0 Å². The van der Waals surface area contributed by atoms with Crippen molar-refractivity contribution in [3.05, 3.63) is 91.1 Å². The van der Waals surface area contributed by atoms with E-state index in [1.54, 1.807) is 7.11 Å². The molecule has 3 heteroatoms. The largest absolute Gasteiger partial charge is 0.497 e. The van der Waals surface area contributed by atoms with E-state index < -0.39 is 0 Å². The topological polar surface area (TPSA) is 27.1 Å². The van der Waals surface area contributed by atoms with Crippen molar-refractivity contribution in [1.82, 2.24) is 9.78 Å². The van der Waals surface area contributed by atoms with Crippen LogP contribution in [0, 0.1) is 0 Å². The van der Waals surface area contributed by atoms with Gasteiger partial charge in [-0.3, -0.25) is 0 Å². The molecule has 0 amide bonds. The monoisotopic (exact) mass is 326 g/mol. The molecule has 0 N–H and O–H groups in total. The zero-order valence-corrected chi connectivity index (χ0v) is 14.0. The summed E-state index contributed by atoms with van der Waals surface area (Å²) < 4.78 is 7.20. The molecule has 0 aliphatic carbocycles. The van der Waals surface area contributed by atoms with Gasteiger partial charge < -0.3 is 4.74 Å². The van der Waals surface area contributed by atoms with E-state index in [0.29, 0.717) is 0 Å². The van der Waals surface area contributed by atoms with Gasteiger partial charge in [-0.25, -0.2) is 4.68 Å². The summed E-state index contributed by atoms with van der Waals surface area (Å²) >= 11 is 0. The third-order valence-corrected chi connectivity index (χ3v) is 4.18. The number of ether oxygens (including phenoxy) is 1. The maximum absolute atomic E-state index is 5.27. The highest BCUT2D eigenvalue weighted by Crippen LogP contribution is 2.32. The summed E-state index contributed by atoms with van der Waals surface area (Å²) in [5, 5.41) is 4.86. The van der Waals surface area contributed by atoms with Gasteiger partial charge in [0.1, 0.15) is 11.4 Å². The van der Waals surface area contributed by atoms with E-state index >= 15 is 0 Å². The zero-order valence-electron chi connectivity index (χ0n) is 14.0. The lowest BCUT2D eigenvalue weighted by Crippen LogP contribution is -1.94. The van der Waals surface area contributed by atoms with E-state index in [1.165, 1.54) is 0 Å². The minimum Gasteiger partial charge on any atom is -0.497 e. The summed E-state index contributed by atoms with van der Waals surface area (Å²) in [6.45, 7) is 0. The number of nitrogens with zero attached hydrogens (tertiary/aromatic N) is 2. The Balaban J connectivity index is 1.87. The molecule has 122 valence electrons. The molecule has 0 spiro atoms. The highest BCUT2D eigenvalue weighted by atomic mass is 16.5. The third kappa shape index (κ3) is 3.04. The fourth-order valence-corrected chi connectivity index (χ4v) is 2.88. The summed E-state index contributed by atoms with van der Waals surface area (Å²) in [4.78, 5) is 0. The van der Waals surface area contributed by atoms with Crippen LogP contribution in [-0.2, 0) is 0 Å². The second kappa shape index (κ2) is 6.65. The Morgan fingerprint density at radius 3 is 2.00 bits per heavy atom. The van der Waals surface area contributed by atoms with Crippen LogP contribution in [0.5, 0.6) is 5.75 Å². The van der Waals surface area contributed by atoms with Crippen molar-refractivity contribution in [1.29, 1.82) is 0 Å². The molecular weight excluding hydrogens is 308 g/mol. The van der Waals surface area contributed by atoms with Crippen molar-refractivity contribution in [3.63, 3.8) is 0 Å². The van der Waals surface area contributed by atoms with E-state index in [4.69, 9.17) is 9.84 Å². The van der Waals surface area contributed by atoms with Gasteiger partial charge in [-0.15, -0.1) is 0 Å². The first-order chi connectivity index (χ1) is 12.3. The third-order valence-electron chi connectivity index (χ3n) is 4.18. The van der Waals surface area contributed by atoms with Crippen molar-refractivity contribution in [2.24, 2.45) is 0 Å². The van der Waals surface area contributed by atoms with Gasteiger partial charge in [-0.05, 0) is 42.0 Å². The van der Waals surface area contributed by atoms with Gasteiger partial charge in [-0.2, -0.15) is 5.10 Å². The molecule has 0 saturated carbocycles. The van der Waals surface area contributed by atoms with Gasteiger partial charge in [0, 0.05) is 17.3 Å². The first-order valence-electron chi connectivity index (χ1n) is 8.20. The van der Waals surface area contributed by atoms with Crippen LogP contribution in [0.25, 0.3) is 28.1 Å². The Morgan fingerprint density at radius 1 is 0.720 bits per heavy atom. The highest BCUT2D eigenvalue weighted by molar-refractivity contribution is 5.81. The number of aromatic nitrogens is 2. The average molecular weight is 326 g/mol. The van der Waals surface area contributed by atoms with Gasteiger partial charge in [-0.1, -0.05) is 48.5 Å². The molecule has 0 radical (unpaired) electrons. The quantitative estimate of drug-likeness (QED) is 0.514. The number of methoxy groups -OCH3 is 1. The van der Waals surface area contributed by atoms with Crippen molar-refractivity contribution < 1.29 is 4.74 Å². The Bertz CT molecular complexity index is 958. The first kappa shape index (κ1) is 15.2. The van der Waals surface area contributed by atoms with E-state index in [0.717, 1.165) is 33.8 Å². The van der Waals surface area contributed by atoms with E-state index in [1.807, 2.05) is 65.3 Å². The summed E-state index contributed by atoms with van der Waals surface area (Å²) in [5.41, 5.74) is 5.32. The molecule has 1 heterocycles.